The summed E-state index contributed by atoms with van der Waals surface area (Å²) in [6.07, 6.45) is 1.41. The second-order valence-electron chi connectivity index (χ2n) is 4.51. The van der Waals surface area contributed by atoms with E-state index in [0.717, 1.165) is 5.69 Å². The molecular weight excluding hydrogens is 248 g/mol. The first-order valence-electron chi connectivity index (χ1n) is 6.11. The summed E-state index contributed by atoms with van der Waals surface area (Å²) in [6.45, 7) is 2.94. The Balaban J connectivity index is 2.15. The summed E-state index contributed by atoms with van der Waals surface area (Å²) in [5.41, 5.74) is 1.31. The third-order valence-corrected chi connectivity index (χ3v) is 3.06. The maximum atomic E-state index is 12.3. The van der Waals surface area contributed by atoms with Crippen molar-refractivity contribution in [3.8, 4) is 0 Å². The summed E-state index contributed by atoms with van der Waals surface area (Å²) in [7, 11) is 0. The molecule has 1 aromatic heterocycles. The van der Waals surface area contributed by atoms with Gasteiger partial charge in [0.15, 0.2) is 0 Å². The van der Waals surface area contributed by atoms with E-state index in [4.69, 9.17) is 9.84 Å². The fourth-order valence-corrected chi connectivity index (χ4v) is 2.05. The van der Waals surface area contributed by atoms with Gasteiger partial charge in [0.2, 0.25) is 0 Å². The first kappa shape index (κ1) is 13.5. The molecule has 1 N–H and O–H groups in total. The van der Waals surface area contributed by atoms with Crippen molar-refractivity contribution in [3.05, 3.63) is 29.6 Å². The summed E-state index contributed by atoms with van der Waals surface area (Å²) in [5.74, 6) is -1.13. The van der Waals surface area contributed by atoms with Crippen LogP contribution in [-0.2, 0) is 9.53 Å². The van der Waals surface area contributed by atoms with Crippen LogP contribution in [0, 0.1) is 6.92 Å². The fourth-order valence-electron chi connectivity index (χ4n) is 2.05. The van der Waals surface area contributed by atoms with Crippen molar-refractivity contribution in [1.29, 1.82) is 0 Å². The van der Waals surface area contributed by atoms with Crippen molar-refractivity contribution in [1.82, 2.24) is 9.88 Å². The lowest BCUT2D eigenvalue weighted by Crippen LogP contribution is -2.49. The number of aliphatic carboxylic acids is 1. The van der Waals surface area contributed by atoms with Crippen LogP contribution in [0.3, 0.4) is 0 Å². The van der Waals surface area contributed by atoms with E-state index in [9.17, 15) is 9.59 Å². The molecule has 2 heterocycles. The molecule has 1 aliphatic rings. The van der Waals surface area contributed by atoms with Crippen molar-refractivity contribution in [3.63, 3.8) is 0 Å². The van der Waals surface area contributed by atoms with E-state index in [1.807, 2.05) is 6.92 Å². The standard InChI is InChI=1S/C13H16N2O4/c1-9-2-3-10(7-14-9)13(18)15-4-5-19-8-11(15)6-12(16)17/h2-3,7,11H,4-6,8H2,1H3,(H,16,17). The highest BCUT2D eigenvalue weighted by Gasteiger charge is 2.29. The Bertz CT molecular complexity index is 472. The number of pyridine rings is 1. The topological polar surface area (TPSA) is 79.7 Å². The largest absolute Gasteiger partial charge is 0.481 e. The number of aromatic nitrogens is 1. The molecule has 0 aromatic carbocycles. The summed E-state index contributed by atoms with van der Waals surface area (Å²) in [5, 5.41) is 8.87. The second-order valence-corrected chi connectivity index (χ2v) is 4.51. The minimum Gasteiger partial charge on any atom is -0.481 e. The zero-order valence-electron chi connectivity index (χ0n) is 10.7. The Morgan fingerprint density at radius 3 is 2.95 bits per heavy atom. The van der Waals surface area contributed by atoms with E-state index >= 15 is 0 Å². The van der Waals surface area contributed by atoms with E-state index in [0.29, 0.717) is 18.7 Å². The molecule has 0 saturated carbocycles. The Labute approximate surface area is 111 Å². The number of morpholine rings is 1. The summed E-state index contributed by atoms with van der Waals surface area (Å²) in [4.78, 5) is 28.8. The Kier molecular flexibility index (Phi) is 4.11. The number of aryl methyl sites for hydroxylation is 1. The fraction of sp³-hybridized carbons (Fsp3) is 0.462. The van der Waals surface area contributed by atoms with Crippen LogP contribution in [0.25, 0.3) is 0 Å². The first-order chi connectivity index (χ1) is 9.08. The predicted octanol–water partition coefficient (Wildman–Crippen LogP) is 0.706. The number of nitrogens with zero attached hydrogens (tertiary/aromatic N) is 2. The van der Waals surface area contributed by atoms with Gasteiger partial charge in [-0.1, -0.05) is 0 Å². The van der Waals surface area contributed by atoms with Crippen molar-refractivity contribution in [2.24, 2.45) is 0 Å². The maximum Gasteiger partial charge on any atom is 0.305 e. The summed E-state index contributed by atoms with van der Waals surface area (Å²) >= 11 is 0. The van der Waals surface area contributed by atoms with Gasteiger partial charge >= 0.3 is 5.97 Å². The minimum absolute atomic E-state index is 0.106. The van der Waals surface area contributed by atoms with Crippen molar-refractivity contribution in [2.75, 3.05) is 19.8 Å². The zero-order chi connectivity index (χ0) is 13.8. The zero-order valence-corrected chi connectivity index (χ0v) is 10.7. The Morgan fingerprint density at radius 1 is 1.53 bits per heavy atom. The van der Waals surface area contributed by atoms with Gasteiger partial charge in [0.05, 0.1) is 31.2 Å². The monoisotopic (exact) mass is 264 g/mol. The van der Waals surface area contributed by atoms with Crippen LogP contribution >= 0.6 is 0 Å². The number of rotatable bonds is 3. The molecule has 6 heteroatoms. The first-order valence-corrected chi connectivity index (χ1v) is 6.11. The maximum absolute atomic E-state index is 12.3. The summed E-state index contributed by atoms with van der Waals surface area (Å²) in [6, 6.07) is 3.05. The molecular formula is C13H16N2O4. The molecule has 6 nitrogen and oxygen atoms in total. The van der Waals surface area contributed by atoms with E-state index < -0.39 is 12.0 Å². The molecule has 0 spiro atoms. The SMILES string of the molecule is Cc1ccc(C(=O)N2CCOCC2CC(=O)O)cn1. The van der Waals surface area contributed by atoms with Gasteiger partial charge in [-0.25, -0.2) is 0 Å². The van der Waals surface area contributed by atoms with Crippen LogP contribution in [-0.4, -0.2) is 52.7 Å². The molecule has 0 aliphatic carbocycles. The number of carboxylic acids is 1. The van der Waals surface area contributed by atoms with Crippen LogP contribution in [0.1, 0.15) is 22.5 Å². The quantitative estimate of drug-likeness (QED) is 0.869. The van der Waals surface area contributed by atoms with E-state index in [1.54, 1.807) is 17.0 Å². The highest BCUT2D eigenvalue weighted by molar-refractivity contribution is 5.94. The molecule has 19 heavy (non-hydrogen) atoms. The highest BCUT2D eigenvalue weighted by atomic mass is 16.5. The smallest absolute Gasteiger partial charge is 0.305 e. The van der Waals surface area contributed by atoms with Gasteiger partial charge in [-0.05, 0) is 19.1 Å². The molecule has 1 saturated heterocycles. The van der Waals surface area contributed by atoms with Crippen LogP contribution in [0.5, 0.6) is 0 Å². The van der Waals surface area contributed by atoms with Gasteiger partial charge in [0, 0.05) is 18.4 Å². The number of carbonyl (C=O) groups is 2. The van der Waals surface area contributed by atoms with Crippen LogP contribution < -0.4 is 0 Å². The van der Waals surface area contributed by atoms with Crippen LogP contribution in [0.2, 0.25) is 0 Å². The molecule has 0 bridgehead atoms. The van der Waals surface area contributed by atoms with Crippen LogP contribution in [0.15, 0.2) is 18.3 Å². The molecule has 1 unspecified atom stereocenters. The average molecular weight is 264 g/mol. The van der Waals surface area contributed by atoms with Crippen molar-refractivity contribution >= 4 is 11.9 Å². The molecule has 1 fully saturated rings. The molecule has 2 rings (SSSR count). The molecule has 102 valence electrons. The number of amides is 1. The number of hydrogen-bond donors (Lipinski definition) is 1. The van der Waals surface area contributed by atoms with Gasteiger partial charge in [-0.3, -0.25) is 14.6 Å². The van der Waals surface area contributed by atoms with Crippen molar-refractivity contribution < 1.29 is 19.4 Å². The average Bonchev–Trinajstić information content (AvgIpc) is 2.39. The number of ether oxygens (including phenoxy) is 1. The van der Waals surface area contributed by atoms with Gasteiger partial charge in [0.25, 0.3) is 5.91 Å². The molecule has 1 atom stereocenters. The van der Waals surface area contributed by atoms with E-state index in [1.165, 1.54) is 6.20 Å². The minimum atomic E-state index is -0.935. The normalized spacial score (nSPS) is 19.2. The molecule has 1 aromatic rings. The molecule has 0 radical (unpaired) electrons. The Morgan fingerprint density at radius 2 is 2.32 bits per heavy atom. The third-order valence-electron chi connectivity index (χ3n) is 3.06. The number of hydrogen-bond acceptors (Lipinski definition) is 4. The molecule has 1 amide bonds. The lowest BCUT2D eigenvalue weighted by Gasteiger charge is -2.34. The van der Waals surface area contributed by atoms with E-state index in [2.05, 4.69) is 4.98 Å². The predicted molar refractivity (Wildman–Crippen MR) is 66.9 cm³/mol. The van der Waals surface area contributed by atoms with E-state index in [-0.39, 0.29) is 18.9 Å². The third kappa shape index (κ3) is 3.29. The van der Waals surface area contributed by atoms with Gasteiger partial charge < -0.3 is 14.7 Å². The highest BCUT2D eigenvalue weighted by Crippen LogP contribution is 2.15. The van der Waals surface area contributed by atoms with Gasteiger partial charge in [-0.2, -0.15) is 0 Å². The summed E-state index contributed by atoms with van der Waals surface area (Å²) < 4.78 is 5.25. The van der Waals surface area contributed by atoms with Gasteiger partial charge in [-0.15, -0.1) is 0 Å². The Hall–Kier alpha value is -1.95. The second kappa shape index (κ2) is 5.79. The van der Waals surface area contributed by atoms with Crippen molar-refractivity contribution in [2.45, 2.75) is 19.4 Å². The number of carboxylic acid groups (broad SMARTS) is 1. The van der Waals surface area contributed by atoms with Gasteiger partial charge in [0.1, 0.15) is 0 Å². The number of carbonyl (C=O) groups excluding carboxylic acids is 1. The van der Waals surface area contributed by atoms with Crippen LogP contribution in [0.4, 0.5) is 0 Å². The lowest BCUT2D eigenvalue weighted by atomic mass is 10.1. The lowest BCUT2D eigenvalue weighted by molar-refractivity contribution is -0.139. The molecule has 1 aliphatic heterocycles.